The van der Waals surface area contributed by atoms with Crippen molar-refractivity contribution < 1.29 is 14.6 Å². The first kappa shape index (κ1) is 19.2. The number of azo groups is 1. The second kappa shape index (κ2) is 8.01. The van der Waals surface area contributed by atoms with Crippen molar-refractivity contribution >= 4 is 57.5 Å². The van der Waals surface area contributed by atoms with Gasteiger partial charge in [-0.15, -0.1) is 5.11 Å². The Balaban J connectivity index is 2.07. The zero-order valence-electron chi connectivity index (χ0n) is 14.6. The zero-order valence-corrected chi connectivity index (χ0v) is 15.4. The number of hydrogen-bond acceptors (Lipinski definition) is 6. The number of phenolic OH excluding ortho intramolecular Hbond substituents is 1. The topological polar surface area (TPSA) is 117 Å². The minimum absolute atomic E-state index is 0.0354. The fourth-order valence-corrected chi connectivity index (χ4v) is 2.80. The van der Waals surface area contributed by atoms with Crippen LogP contribution in [0, 0.1) is 16.0 Å². The van der Waals surface area contributed by atoms with Crippen molar-refractivity contribution in [3.8, 4) is 5.75 Å². The Hall–Kier alpha value is -3.52. The zero-order chi connectivity index (χ0) is 20.3. The van der Waals surface area contributed by atoms with Crippen LogP contribution in [0.1, 0.15) is 0 Å². The SMILES string of the molecule is C=[N+](C[CH-]Cl)c1ccc2ccc(O)c(N=Nc3ccc(N)c([N+](=O)[O-])c3)c2c1. The number of nitro benzene ring substituents is 1. The van der Waals surface area contributed by atoms with Crippen molar-refractivity contribution in [2.24, 2.45) is 10.2 Å². The van der Waals surface area contributed by atoms with Crippen LogP contribution in [0.25, 0.3) is 10.8 Å². The summed E-state index contributed by atoms with van der Waals surface area (Å²) in [6.45, 7) is 4.34. The molecule has 0 aromatic heterocycles. The average molecular weight is 398 g/mol. The summed E-state index contributed by atoms with van der Waals surface area (Å²) in [6.07, 6.45) is 0. The number of benzene rings is 3. The van der Waals surface area contributed by atoms with Crippen LogP contribution in [0.4, 0.5) is 28.4 Å². The highest BCUT2D eigenvalue weighted by Crippen LogP contribution is 2.38. The molecule has 0 bridgehead atoms. The summed E-state index contributed by atoms with van der Waals surface area (Å²) in [5.41, 5.74) is 6.62. The molecule has 0 aliphatic carbocycles. The second-order valence-corrected chi connectivity index (χ2v) is 6.22. The Morgan fingerprint density at radius 2 is 1.93 bits per heavy atom. The van der Waals surface area contributed by atoms with Gasteiger partial charge in [0, 0.05) is 30.1 Å². The molecule has 0 unspecified atom stereocenters. The van der Waals surface area contributed by atoms with Crippen molar-refractivity contribution in [2.45, 2.75) is 0 Å². The van der Waals surface area contributed by atoms with Crippen LogP contribution in [-0.2, 0) is 0 Å². The number of nitrogens with zero attached hydrogens (tertiary/aromatic N) is 4. The predicted molar refractivity (Wildman–Crippen MR) is 109 cm³/mol. The Kier molecular flexibility index (Phi) is 5.51. The Morgan fingerprint density at radius 3 is 2.64 bits per heavy atom. The number of nitrogens with two attached hydrogens (primary N) is 1. The summed E-state index contributed by atoms with van der Waals surface area (Å²) in [5, 5.41) is 30.9. The number of anilines is 1. The molecule has 0 aliphatic rings. The van der Waals surface area contributed by atoms with E-state index in [9.17, 15) is 15.2 Å². The van der Waals surface area contributed by atoms with Gasteiger partial charge in [0.1, 0.15) is 23.8 Å². The van der Waals surface area contributed by atoms with Crippen molar-refractivity contribution in [3.63, 3.8) is 0 Å². The van der Waals surface area contributed by atoms with Crippen molar-refractivity contribution in [1.82, 2.24) is 0 Å². The minimum Gasteiger partial charge on any atom is -0.506 e. The van der Waals surface area contributed by atoms with E-state index in [2.05, 4.69) is 16.9 Å². The molecular weight excluding hydrogens is 382 g/mol. The Morgan fingerprint density at radius 1 is 1.18 bits per heavy atom. The van der Waals surface area contributed by atoms with Crippen LogP contribution in [0.3, 0.4) is 0 Å². The quantitative estimate of drug-likeness (QED) is 0.113. The molecule has 0 spiro atoms. The van der Waals surface area contributed by atoms with E-state index in [1.165, 1.54) is 30.1 Å². The average Bonchev–Trinajstić information content (AvgIpc) is 2.67. The van der Waals surface area contributed by atoms with E-state index in [0.717, 1.165) is 11.1 Å². The Labute approximate surface area is 165 Å². The molecule has 0 amide bonds. The number of nitrogen functional groups attached to an aromatic ring is 1. The number of phenols is 1. The van der Waals surface area contributed by atoms with Gasteiger partial charge in [-0.25, -0.2) is 4.58 Å². The summed E-state index contributed by atoms with van der Waals surface area (Å²) >= 11 is 5.65. The lowest BCUT2D eigenvalue weighted by atomic mass is 10.1. The molecule has 0 radical (unpaired) electrons. The lowest BCUT2D eigenvalue weighted by molar-refractivity contribution is -0.420. The summed E-state index contributed by atoms with van der Waals surface area (Å²) in [5.74, 6) is 1.38. The van der Waals surface area contributed by atoms with E-state index in [0.29, 0.717) is 11.9 Å². The van der Waals surface area contributed by atoms with Crippen LogP contribution in [0.5, 0.6) is 5.75 Å². The standard InChI is InChI=1S/C19H16ClN5O3/c1-24(9-8-20)14-5-2-12-3-7-18(26)19(15(12)11-14)23-22-13-4-6-16(21)17(10-13)25(27)28/h2-8,10-11,26H,1,9,21H2. The molecule has 0 heterocycles. The largest absolute Gasteiger partial charge is 0.506 e. The van der Waals surface area contributed by atoms with Gasteiger partial charge in [-0.3, -0.25) is 10.1 Å². The number of fused-ring (bicyclic) bond motifs is 1. The summed E-state index contributed by atoms with van der Waals surface area (Å²) in [4.78, 5) is 10.4. The lowest BCUT2D eigenvalue weighted by Crippen LogP contribution is -2.02. The van der Waals surface area contributed by atoms with Gasteiger partial charge in [-0.2, -0.15) is 11.0 Å². The molecule has 0 atom stereocenters. The molecule has 0 saturated heterocycles. The van der Waals surface area contributed by atoms with E-state index in [1.807, 2.05) is 18.2 Å². The van der Waals surface area contributed by atoms with Gasteiger partial charge < -0.3 is 22.4 Å². The molecule has 28 heavy (non-hydrogen) atoms. The Bertz CT molecular complexity index is 1110. The van der Waals surface area contributed by atoms with Crippen LogP contribution < -0.4 is 5.73 Å². The maximum Gasteiger partial charge on any atom is 0.294 e. The van der Waals surface area contributed by atoms with Crippen molar-refractivity contribution in [1.29, 1.82) is 0 Å². The molecule has 0 saturated carbocycles. The number of hydrogen-bond donors (Lipinski definition) is 2. The molecule has 8 nitrogen and oxygen atoms in total. The van der Waals surface area contributed by atoms with Gasteiger partial charge in [0.2, 0.25) is 5.69 Å². The second-order valence-electron chi connectivity index (χ2n) is 5.92. The van der Waals surface area contributed by atoms with E-state index < -0.39 is 4.92 Å². The predicted octanol–water partition coefficient (Wildman–Crippen LogP) is 5.20. The van der Waals surface area contributed by atoms with E-state index in [-0.39, 0.29) is 28.5 Å². The summed E-state index contributed by atoms with van der Waals surface area (Å²) < 4.78 is 1.68. The maximum absolute atomic E-state index is 11.0. The van der Waals surface area contributed by atoms with E-state index >= 15 is 0 Å². The van der Waals surface area contributed by atoms with E-state index in [1.54, 1.807) is 10.6 Å². The molecule has 3 aromatic rings. The van der Waals surface area contributed by atoms with E-state index in [4.69, 9.17) is 17.3 Å². The highest BCUT2D eigenvalue weighted by Gasteiger charge is 2.13. The van der Waals surface area contributed by atoms with Crippen LogP contribution in [0.15, 0.2) is 58.8 Å². The molecule has 3 rings (SSSR count). The molecule has 3 N–H and O–H groups in total. The van der Waals surface area contributed by atoms with Crippen LogP contribution in [0.2, 0.25) is 0 Å². The molecule has 0 aliphatic heterocycles. The molecule has 142 valence electrons. The van der Waals surface area contributed by atoms with Crippen molar-refractivity contribution in [3.05, 3.63) is 64.5 Å². The van der Waals surface area contributed by atoms with Gasteiger partial charge in [0.15, 0.2) is 0 Å². The van der Waals surface area contributed by atoms with Crippen LogP contribution in [-0.4, -0.2) is 27.9 Å². The van der Waals surface area contributed by atoms with Gasteiger partial charge >= 0.3 is 0 Å². The van der Waals surface area contributed by atoms with Gasteiger partial charge in [-0.05, 0) is 29.7 Å². The number of rotatable bonds is 6. The third-order valence-electron chi connectivity index (χ3n) is 4.09. The smallest absolute Gasteiger partial charge is 0.294 e. The summed E-state index contributed by atoms with van der Waals surface area (Å²) in [6, 6.07) is 12.9. The molecular formula is C19H16ClN5O3. The number of halogens is 1. The lowest BCUT2D eigenvalue weighted by Gasteiger charge is -2.07. The summed E-state index contributed by atoms with van der Waals surface area (Å²) in [7, 11) is 0. The third-order valence-corrected chi connectivity index (χ3v) is 4.22. The fraction of sp³-hybridized carbons (Fsp3) is 0.0526. The normalized spacial score (nSPS) is 11.2. The number of aromatic hydroxyl groups is 1. The molecule has 0 fully saturated rings. The number of nitro groups is 1. The molecule has 3 aromatic carbocycles. The minimum atomic E-state index is -0.591. The van der Waals surface area contributed by atoms with Gasteiger partial charge in [0.05, 0.1) is 10.6 Å². The van der Waals surface area contributed by atoms with Crippen LogP contribution >= 0.6 is 11.6 Å². The maximum atomic E-state index is 11.0. The molecule has 9 heteroatoms. The van der Waals surface area contributed by atoms with Gasteiger partial charge in [-0.1, -0.05) is 6.07 Å². The first-order chi connectivity index (χ1) is 13.4. The highest BCUT2D eigenvalue weighted by atomic mass is 35.5. The first-order valence-corrected chi connectivity index (χ1v) is 8.55. The highest BCUT2D eigenvalue weighted by molar-refractivity contribution is 6.23. The third kappa shape index (κ3) is 3.91. The monoisotopic (exact) mass is 397 g/mol. The van der Waals surface area contributed by atoms with Gasteiger partial charge in [0.25, 0.3) is 5.69 Å². The van der Waals surface area contributed by atoms with Crippen molar-refractivity contribution in [2.75, 3.05) is 12.3 Å². The first-order valence-electron chi connectivity index (χ1n) is 8.12. The fourth-order valence-electron chi connectivity index (χ4n) is 2.63.